The first-order valence-electron chi connectivity index (χ1n) is 9.29. The third-order valence-electron chi connectivity index (χ3n) is 4.52. The second-order valence-electron chi connectivity index (χ2n) is 6.82. The summed E-state index contributed by atoms with van der Waals surface area (Å²) >= 11 is 18.2. The number of nitrogens with one attached hydrogen (secondary N) is 1. The maximum absolute atomic E-state index is 13.4. The van der Waals surface area contributed by atoms with Crippen LogP contribution in [0.1, 0.15) is 5.56 Å². The van der Waals surface area contributed by atoms with Gasteiger partial charge in [0, 0.05) is 5.69 Å². The van der Waals surface area contributed by atoms with Gasteiger partial charge in [-0.2, -0.15) is 0 Å². The molecule has 0 bridgehead atoms. The van der Waals surface area contributed by atoms with E-state index >= 15 is 0 Å². The Bertz CT molecular complexity index is 1250. The molecule has 32 heavy (non-hydrogen) atoms. The summed E-state index contributed by atoms with van der Waals surface area (Å²) < 4.78 is 32.9. The van der Waals surface area contributed by atoms with Crippen LogP contribution < -0.4 is 14.4 Å². The molecule has 10 heteroatoms. The van der Waals surface area contributed by atoms with E-state index in [1.165, 1.54) is 43.5 Å². The Hall–Kier alpha value is -2.45. The summed E-state index contributed by atoms with van der Waals surface area (Å²) in [4.78, 5) is 12.8. The van der Waals surface area contributed by atoms with Crippen molar-refractivity contribution < 1.29 is 17.9 Å². The summed E-state index contributed by atoms with van der Waals surface area (Å²) in [6.45, 7) is 1.35. The van der Waals surface area contributed by atoms with Crippen LogP contribution in [0.4, 0.5) is 11.4 Å². The molecule has 0 radical (unpaired) electrons. The van der Waals surface area contributed by atoms with Gasteiger partial charge in [-0.25, -0.2) is 8.42 Å². The van der Waals surface area contributed by atoms with Crippen LogP contribution in [0.15, 0.2) is 65.6 Å². The molecule has 3 rings (SSSR count). The molecule has 0 aliphatic carbocycles. The van der Waals surface area contributed by atoms with Crippen molar-refractivity contribution in [2.75, 3.05) is 23.3 Å². The van der Waals surface area contributed by atoms with E-state index in [4.69, 9.17) is 39.5 Å². The Kier molecular flexibility index (Phi) is 7.56. The fourth-order valence-corrected chi connectivity index (χ4v) is 4.83. The Labute approximate surface area is 201 Å². The number of hydrogen-bond acceptors (Lipinski definition) is 4. The Morgan fingerprint density at radius 1 is 0.938 bits per heavy atom. The van der Waals surface area contributed by atoms with Gasteiger partial charge in [0.05, 0.1) is 32.8 Å². The maximum Gasteiger partial charge on any atom is 0.264 e. The van der Waals surface area contributed by atoms with Gasteiger partial charge in [-0.15, -0.1) is 0 Å². The number of sulfonamides is 1. The van der Waals surface area contributed by atoms with Crippen molar-refractivity contribution in [1.29, 1.82) is 0 Å². The number of benzene rings is 3. The zero-order valence-electron chi connectivity index (χ0n) is 17.1. The molecule has 3 aromatic rings. The molecule has 168 valence electrons. The molecule has 0 saturated carbocycles. The smallest absolute Gasteiger partial charge is 0.264 e. The van der Waals surface area contributed by atoms with Gasteiger partial charge in [-0.1, -0.05) is 52.5 Å². The van der Waals surface area contributed by atoms with Gasteiger partial charge >= 0.3 is 0 Å². The van der Waals surface area contributed by atoms with E-state index in [1.54, 1.807) is 24.3 Å². The summed E-state index contributed by atoms with van der Waals surface area (Å²) in [7, 11) is -2.61. The lowest BCUT2D eigenvalue weighted by molar-refractivity contribution is -0.114. The van der Waals surface area contributed by atoms with E-state index < -0.39 is 22.5 Å². The third kappa shape index (κ3) is 5.48. The van der Waals surface area contributed by atoms with Crippen molar-refractivity contribution in [3.63, 3.8) is 0 Å². The van der Waals surface area contributed by atoms with Gasteiger partial charge in [0.1, 0.15) is 12.3 Å². The average molecular weight is 514 g/mol. The number of nitrogens with zero attached hydrogens (tertiary/aromatic N) is 1. The number of halogens is 3. The molecule has 0 aliphatic heterocycles. The van der Waals surface area contributed by atoms with Crippen LogP contribution in [0.3, 0.4) is 0 Å². The molecule has 6 nitrogen and oxygen atoms in total. The highest BCUT2D eigenvalue weighted by molar-refractivity contribution is 7.92. The number of ether oxygens (including phenoxy) is 1. The summed E-state index contributed by atoms with van der Waals surface area (Å²) in [6.07, 6.45) is 0. The van der Waals surface area contributed by atoms with E-state index in [-0.39, 0.29) is 20.6 Å². The Balaban J connectivity index is 1.95. The second kappa shape index (κ2) is 10.0. The van der Waals surface area contributed by atoms with Gasteiger partial charge in [0.15, 0.2) is 0 Å². The molecule has 0 aliphatic rings. The van der Waals surface area contributed by atoms with Crippen molar-refractivity contribution in [1.82, 2.24) is 0 Å². The molecule has 1 N–H and O–H groups in total. The van der Waals surface area contributed by atoms with Crippen molar-refractivity contribution in [2.24, 2.45) is 0 Å². The second-order valence-corrected chi connectivity index (χ2v) is 9.90. The van der Waals surface area contributed by atoms with Crippen LogP contribution in [0.25, 0.3) is 0 Å². The monoisotopic (exact) mass is 512 g/mol. The van der Waals surface area contributed by atoms with E-state index in [2.05, 4.69) is 5.32 Å². The normalized spacial score (nSPS) is 11.2. The zero-order chi connectivity index (χ0) is 23.5. The van der Waals surface area contributed by atoms with E-state index in [0.717, 1.165) is 9.87 Å². The largest absolute Gasteiger partial charge is 0.495 e. The van der Waals surface area contributed by atoms with Crippen LogP contribution in [0.5, 0.6) is 5.75 Å². The quantitative estimate of drug-likeness (QED) is 0.433. The Morgan fingerprint density at radius 3 is 2.22 bits per heavy atom. The maximum atomic E-state index is 13.4. The number of amides is 1. The van der Waals surface area contributed by atoms with Crippen LogP contribution in [0, 0.1) is 6.92 Å². The molecular formula is C22H19Cl3N2O4S. The van der Waals surface area contributed by atoms with Crippen molar-refractivity contribution >= 4 is 62.1 Å². The standard InChI is InChI=1S/C22H19Cl3N2O4S/c1-14-3-7-17(8-4-14)32(29,30)27(16-6-9-18(23)19(24)12-16)13-22(28)26-15-5-10-21(31-2)20(25)11-15/h3-12H,13H2,1-2H3,(H,26,28). The Morgan fingerprint density at radius 2 is 1.62 bits per heavy atom. The third-order valence-corrected chi connectivity index (χ3v) is 7.35. The first-order valence-corrected chi connectivity index (χ1v) is 11.9. The molecule has 3 aromatic carbocycles. The van der Waals surface area contributed by atoms with Gasteiger partial charge in [0.25, 0.3) is 10.0 Å². The number of hydrogen-bond donors (Lipinski definition) is 1. The van der Waals surface area contributed by atoms with Crippen LogP contribution in [-0.2, 0) is 14.8 Å². The summed E-state index contributed by atoms with van der Waals surface area (Å²) in [5, 5.41) is 3.38. The first kappa shape index (κ1) is 24.2. The summed E-state index contributed by atoms with van der Waals surface area (Å²) in [5.41, 5.74) is 1.49. The highest BCUT2D eigenvalue weighted by atomic mass is 35.5. The topological polar surface area (TPSA) is 75.7 Å². The first-order chi connectivity index (χ1) is 15.1. The highest BCUT2D eigenvalue weighted by Gasteiger charge is 2.28. The number of anilines is 2. The molecular weight excluding hydrogens is 495 g/mol. The zero-order valence-corrected chi connectivity index (χ0v) is 20.2. The van der Waals surface area contributed by atoms with Gasteiger partial charge in [-0.3, -0.25) is 9.10 Å². The van der Waals surface area contributed by atoms with Crippen molar-refractivity contribution in [2.45, 2.75) is 11.8 Å². The van der Waals surface area contributed by atoms with E-state index in [0.29, 0.717) is 16.5 Å². The molecule has 0 heterocycles. The molecule has 0 atom stereocenters. The number of methoxy groups -OCH3 is 1. The summed E-state index contributed by atoms with van der Waals surface area (Å²) in [6, 6.07) is 15.4. The SMILES string of the molecule is COc1ccc(NC(=O)CN(c2ccc(Cl)c(Cl)c2)S(=O)(=O)c2ccc(C)cc2)cc1Cl. The van der Waals surface area contributed by atoms with E-state index in [1.807, 2.05) is 6.92 Å². The molecule has 0 aromatic heterocycles. The fourth-order valence-electron chi connectivity index (χ4n) is 2.87. The fraction of sp³-hybridized carbons (Fsp3) is 0.136. The van der Waals surface area contributed by atoms with Crippen molar-refractivity contribution in [3.05, 3.63) is 81.3 Å². The molecule has 0 unspecified atom stereocenters. The minimum absolute atomic E-state index is 0.0365. The molecule has 1 amide bonds. The lowest BCUT2D eigenvalue weighted by atomic mass is 10.2. The highest BCUT2D eigenvalue weighted by Crippen LogP contribution is 2.31. The predicted molar refractivity (Wildman–Crippen MR) is 129 cm³/mol. The number of aryl methyl sites for hydroxylation is 1. The predicted octanol–water partition coefficient (Wildman–Crippen LogP) is 5.80. The summed E-state index contributed by atoms with van der Waals surface area (Å²) in [5.74, 6) is -0.128. The van der Waals surface area contributed by atoms with Crippen LogP contribution >= 0.6 is 34.8 Å². The molecule has 0 saturated heterocycles. The van der Waals surface area contributed by atoms with Crippen molar-refractivity contribution in [3.8, 4) is 5.75 Å². The van der Waals surface area contributed by atoms with Crippen LogP contribution in [-0.4, -0.2) is 28.0 Å². The minimum Gasteiger partial charge on any atom is -0.495 e. The van der Waals surface area contributed by atoms with Gasteiger partial charge in [0.2, 0.25) is 5.91 Å². The lowest BCUT2D eigenvalue weighted by Gasteiger charge is -2.24. The lowest BCUT2D eigenvalue weighted by Crippen LogP contribution is -2.38. The van der Waals surface area contributed by atoms with Gasteiger partial charge in [-0.05, 0) is 55.5 Å². The van der Waals surface area contributed by atoms with E-state index in [9.17, 15) is 13.2 Å². The number of carbonyl (C=O) groups excluding carboxylic acids is 1. The molecule has 0 fully saturated rings. The van der Waals surface area contributed by atoms with Crippen LogP contribution in [0.2, 0.25) is 15.1 Å². The minimum atomic E-state index is -4.08. The number of carbonyl (C=O) groups is 1. The average Bonchev–Trinajstić information content (AvgIpc) is 2.74. The number of rotatable bonds is 7. The molecule has 0 spiro atoms. The van der Waals surface area contributed by atoms with Gasteiger partial charge < -0.3 is 10.1 Å².